The van der Waals surface area contributed by atoms with Crippen molar-refractivity contribution in [2.24, 2.45) is 29.6 Å². The molecule has 3 fully saturated rings. The van der Waals surface area contributed by atoms with Gasteiger partial charge in [-0.1, -0.05) is 6.07 Å². The SMILES string of the molecule is Cc1cc(C)cc(NC(=O)C2C3CCC4C(CCC32)C4(Cl)Cl)c1. The monoisotopic (exact) mass is 351 g/mol. The second kappa shape index (κ2) is 5.39. The molecule has 23 heavy (non-hydrogen) atoms. The number of carbonyl (C=O) groups excluding carboxylic acids is 1. The van der Waals surface area contributed by atoms with Crippen molar-refractivity contribution in [3.05, 3.63) is 29.3 Å². The number of rotatable bonds is 2. The number of fused-ring (bicyclic) bond motifs is 2. The van der Waals surface area contributed by atoms with Crippen LogP contribution in [0.15, 0.2) is 18.2 Å². The summed E-state index contributed by atoms with van der Waals surface area (Å²) in [6, 6.07) is 6.21. The lowest BCUT2D eigenvalue weighted by molar-refractivity contribution is -0.117. The lowest BCUT2D eigenvalue weighted by Crippen LogP contribution is -2.16. The molecule has 0 bridgehead atoms. The molecule has 4 rings (SSSR count). The lowest BCUT2D eigenvalue weighted by atomic mass is 10.0. The Bertz CT molecular complexity index is 615. The summed E-state index contributed by atoms with van der Waals surface area (Å²) in [6.07, 6.45) is 4.34. The van der Waals surface area contributed by atoms with Gasteiger partial charge < -0.3 is 5.32 Å². The summed E-state index contributed by atoms with van der Waals surface area (Å²) in [4.78, 5) is 12.6. The molecule has 3 aliphatic rings. The van der Waals surface area contributed by atoms with Crippen LogP contribution in [0.5, 0.6) is 0 Å². The molecular weight excluding hydrogens is 329 g/mol. The Hall–Kier alpha value is -0.730. The van der Waals surface area contributed by atoms with Crippen LogP contribution in [0, 0.1) is 43.4 Å². The molecule has 1 aromatic carbocycles. The van der Waals surface area contributed by atoms with Gasteiger partial charge in [0.1, 0.15) is 4.33 Å². The summed E-state index contributed by atoms with van der Waals surface area (Å²) >= 11 is 12.7. The highest BCUT2D eigenvalue weighted by Crippen LogP contribution is 2.67. The zero-order valence-corrected chi connectivity index (χ0v) is 15.1. The van der Waals surface area contributed by atoms with Crippen LogP contribution in [-0.2, 0) is 4.79 Å². The maximum atomic E-state index is 12.6. The first-order valence-corrected chi connectivity index (χ1v) is 9.40. The number of benzene rings is 1. The van der Waals surface area contributed by atoms with Crippen LogP contribution in [-0.4, -0.2) is 10.2 Å². The topological polar surface area (TPSA) is 29.1 Å². The van der Waals surface area contributed by atoms with Gasteiger partial charge in [0, 0.05) is 11.6 Å². The van der Waals surface area contributed by atoms with E-state index in [1.165, 1.54) is 11.1 Å². The molecule has 1 amide bonds. The maximum absolute atomic E-state index is 12.6. The number of hydrogen-bond acceptors (Lipinski definition) is 1. The fourth-order valence-electron chi connectivity index (χ4n) is 4.89. The molecule has 0 spiro atoms. The van der Waals surface area contributed by atoms with Crippen LogP contribution in [0.25, 0.3) is 0 Å². The van der Waals surface area contributed by atoms with Gasteiger partial charge in [-0.15, -0.1) is 23.2 Å². The van der Waals surface area contributed by atoms with Gasteiger partial charge in [-0.3, -0.25) is 4.79 Å². The number of hydrogen-bond donors (Lipinski definition) is 1. The van der Waals surface area contributed by atoms with Crippen molar-refractivity contribution in [1.29, 1.82) is 0 Å². The molecule has 3 aliphatic carbocycles. The van der Waals surface area contributed by atoms with E-state index in [1.807, 2.05) is 12.1 Å². The van der Waals surface area contributed by atoms with E-state index >= 15 is 0 Å². The molecule has 124 valence electrons. The molecule has 0 saturated heterocycles. The molecule has 0 aliphatic heterocycles. The minimum atomic E-state index is -0.479. The molecule has 2 nitrogen and oxygen atoms in total. The Kier molecular flexibility index (Phi) is 3.70. The minimum Gasteiger partial charge on any atom is -0.326 e. The molecule has 0 radical (unpaired) electrons. The second-order valence-electron chi connectivity index (χ2n) is 7.76. The largest absolute Gasteiger partial charge is 0.326 e. The Labute approximate surface area is 147 Å². The van der Waals surface area contributed by atoms with E-state index in [0.717, 1.165) is 31.4 Å². The van der Waals surface area contributed by atoms with Crippen LogP contribution < -0.4 is 5.32 Å². The fourth-order valence-corrected chi connectivity index (χ4v) is 5.80. The molecule has 4 unspecified atom stereocenters. The van der Waals surface area contributed by atoms with E-state index in [-0.39, 0.29) is 11.8 Å². The average molecular weight is 352 g/mol. The maximum Gasteiger partial charge on any atom is 0.228 e. The van der Waals surface area contributed by atoms with Crippen molar-refractivity contribution in [1.82, 2.24) is 0 Å². The lowest BCUT2D eigenvalue weighted by Gasteiger charge is -2.07. The summed E-state index contributed by atoms with van der Waals surface area (Å²) in [5.74, 6) is 2.36. The van der Waals surface area contributed by atoms with Crippen molar-refractivity contribution >= 4 is 34.8 Å². The number of anilines is 1. The van der Waals surface area contributed by atoms with Crippen LogP contribution >= 0.6 is 23.2 Å². The smallest absolute Gasteiger partial charge is 0.228 e. The quantitative estimate of drug-likeness (QED) is 0.738. The number of nitrogens with one attached hydrogen (secondary N) is 1. The van der Waals surface area contributed by atoms with Gasteiger partial charge in [-0.2, -0.15) is 0 Å². The van der Waals surface area contributed by atoms with E-state index in [0.29, 0.717) is 23.7 Å². The Balaban J connectivity index is 1.40. The first-order valence-electron chi connectivity index (χ1n) is 8.65. The normalized spacial score (nSPS) is 37.0. The number of halogens is 2. The first-order chi connectivity index (χ1) is 10.9. The molecule has 1 N–H and O–H groups in total. The van der Waals surface area contributed by atoms with E-state index in [2.05, 4.69) is 25.2 Å². The summed E-state index contributed by atoms with van der Waals surface area (Å²) in [5.41, 5.74) is 3.29. The summed E-state index contributed by atoms with van der Waals surface area (Å²) in [5, 5.41) is 3.13. The Morgan fingerprint density at radius 2 is 1.52 bits per heavy atom. The molecule has 0 heterocycles. The predicted molar refractivity (Wildman–Crippen MR) is 94.9 cm³/mol. The van der Waals surface area contributed by atoms with Gasteiger partial charge in [0.15, 0.2) is 0 Å². The third kappa shape index (κ3) is 2.78. The van der Waals surface area contributed by atoms with Crippen molar-refractivity contribution in [2.45, 2.75) is 43.9 Å². The molecule has 3 saturated carbocycles. The van der Waals surface area contributed by atoms with Crippen molar-refractivity contribution in [3.8, 4) is 0 Å². The molecular formula is C19H23Cl2NO. The van der Waals surface area contributed by atoms with Crippen molar-refractivity contribution in [2.75, 3.05) is 5.32 Å². The van der Waals surface area contributed by atoms with E-state index in [4.69, 9.17) is 23.2 Å². The van der Waals surface area contributed by atoms with Crippen LogP contribution in [0.3, 0.4) is 0 Å². The standard InChI is InChI=1S/C19H23Cl2NO/c1-10-7-11(2)9-12(8-10)22-18(23)17-13-3-5-15-16(19(15,20)21)6-4-14(13)17/h7-9,13-17H,3-6H2,1-2H3,(H,22,23). The van der Waals surface area contributed by atoms with Crippen LogP contribution in [0.4, 0.5) is 5.69 Å². The molecule has 0 aromatic heterocycles. The summed E-state index contributed by atoms with van der Waals surface area (Å²) in [6.45, 7) is 4.12. The molecule has 4 heteroatoms. The van der Waals surface area contributed by atoms with Gasteiger partial charge >= 0.3 is 0 Å². The summed E-state index contributed by atoms with van der Waals surface area (Å²) in [7, 11) is 0. The molecule has 1 aromatic rings. The Morgan fingerprint density at radius 1 is 1.00 bits per heavy atom. The van der Waals surface area contributed by atoms with Gasteiger partial charge in [0.25, 0.3) is 0 Å². The van der Waals surface area contributed by atoms with Crippen molar-refractivity contribution in [3.63, 3.8) is 0 Å². The highest BCUT2D eigenvalue weighted by molar-refractivity contribution is 6.51. The van der Waals surface area contributed by atoms with Gasteiger partial charge in [-0.25, -0.2) is 0 Å². The van der Waals surface area contributed by atoms with Gasteiger partial charge in [0.2, 0.25) is 5.91 Å². The third-order valence-electron chi connectivity index (χ3n) is 6.11. The third-order valence-corrected chi connectivity index (χ3v) is 7.23. The van der Waals surface area contributed by atoms with Crippen LogP contribution in [0.2, 0.25) is 0 Å². The molecule has 4 atom stereocenters. The fraction of sp³-hybridized carbons (Fsp3) is 0.632. The number of alkyl halides is 2. The number of amides is 1. The average Bonchev–Trinajstić information content (AvgIpc) is 3.22. The first kappa shape index (κ1) is 15.8. The van der Waals surface area contributed by atoms with E-state index in [9.17, 15) is 4.79 Å². The van der Waals surface area contributed by atoms with Crippen LogP contribution in [0.1, 0.15) is 36.8 Å². The van der Waals surface area contributed by atoms with Gasteiger partial charge in [-0.05, 0) is 86.5 Å². The summed E-state index contributed by atoms with van der Waals surface area (Å²) < 4.78 is -0.479. The Morgan fingerprint density at radius 3 is 2.04 bits per heavy atom. The zero-order chi connectivity index (χ0) is 16.4. The predicted octanol–water partition coefficient (Wildman–Crippen LogP) is 5.10. The second-order valence-corrected chi connectivity index (χ2v) is 9.21. The highest BCUT2D eigenvalue weighted by Gasteiger charge is 2.65. The minimum absolute atomic E-state index is 0.188. The van der Waals surface area contributed by atoms with Gasteiger partial charge in [0.05, 0.1) is 0 Å². The van der Waals surface area contributed by atoms with E-state index in [1.54, 1.807) is 0 Å². The van der Waals surface area contributed by atoms with E-state index < -0.39 is 4.33 Å². The number of carbonyl (C=O) groups is 1. The van der Waals surface area contributed by atoms with Crippen molar-refractivity contribution < 1.29 is 4.79 Å². The zero-order valence-electron chi connectivity index (χ0n) is 13.6. The number of aryl methyl sites for hydroxylation is 2. The highest BCUT2D eigenvalue weighted by atomic mass is 35.5.